The minimum absolute atomic E-state index is 0.275. The number of guanidine groups is 1. The van der Waals surface area contributed by atoms with Gasteiger partial charge in [0.15, 0.2) is 5.96 Å². The van der Waals surface area contributed by atoms with Crippen LogP contribution in [-0.4, -0.2) is 75.2 Å². The third-order valence-corrected chi connectivity index (χ3v) is 3.53. The zero-order valence-corrected chi connectivity index (χ0v) is 15.4. The van der Waals surface area contributed by atoms with Crippen molar-refractivity contribution in [2.45, 2.75) is 13.1 Å². The van der Waals surface area contributed by atoms with Crippen molar-refractivity contribution in [3.8, 4) is 5.75 Å². The molecule has 0 bridgehead atoms. The Balaban J connectivity index is 2.40. The predicted octanol–water partition coefficient (Wildman–Crippen LogP) is 1.90. The molecule has 26 heavy (non-hydrogen) atoms. The molecule has 146 valence electrons. The maximum absolute atomic E-state index is 12.3. The molecule has 0 spiro atoms. The summed E-state index contributed by atoms with van der Waals surface area (Å²) in [6.45, 7) is 1.30. The normalized spacial score (nSPS) is 11.9. The van der Waals surface area contributed by atoms with Gasteiger partial charge in [-0.05, 0) is 19.1 Å². The van der Waals surface area contributed by atoms with Gasteiger partial charge in [-0.15, -0.1) is 0 Å². The van der Waals surface area contributed by atoms with Crippen LogP contribution in [0.4, 0.5) is 13.2 Å². The second-order valence-corrected chi connectivity index (χ2v) is 5.85. The molecule has 0 aliphatic heterocycles. The lowest BCUT2D eigenvalue weighted by atomic mass is 10.2. The molecule has 1 rings (SSSR count). The molecule has 0 heterocycles. The number of ether oxygens (including phenoxy) is 1. The smallest absolute Gasteiger partial charge is 0.406 e. The quantitative estimate of drug-likeness (QED) is 0.585. The molecule has 0 unspecified atom stereocenters. The summed E-state index contributed by atoms with van der Waals surface area (Å²) >= 11 is 0. The lowest BCUT2D eigenvalue weighted by Gasteiger charge is -2.24. The van der Waals surface area contributed by atoms with Crippen molar-refractivity contribution < 1.29 is 22.7 Å². The molecule has 1 N–H and O–H groups in total. The Morgan fingerprint density at radius 2 is 1.81 bits per heavy atom. The molecule has 1 aromatic carbocycles. The molecule has 1 amide bonds. The number of benzene rings is 1. The van der Waals surface area contributed by atoms with Crippen molar-refractivity contribution >= 4 is 11.9 Å². The summed E-state index contributed by atoms with van der Waals surface area (Å²) in [6.07, 6.45) is -4.42. The van der Waals surface area contributed by atoms with Gasteiger partial charge < -0.3 is 19.9 Å². The standard InChI is InChI=1S/C17H25F3N4O2/c1-13-5-7-14(8-6-13)26-10-9-23(3)16(21-2)22-11-15(25)24(4)12-17(18,19)20/h5-8H,9-12H2,1-4H3,(H,21,22). The number of hydrogen-bond donors (Lipinski definition) is 1. The van der Waals surface area contributed by atoms with Crippen LogP contribution in [0.2, 0.25) is 0 Å². The Morgan fingerprint density at radius 1 is 1.19 bits per heavy atom. The third kappa shape index (κ3) is 8.09. The zero-order chi connectivity index (χ0) is 19.7. The first kappa shape index (κ1) is 21.6. The average molecular weight is 374 g/mol. The van der Waals surface area contributed by atoms with Gasteiger partial charge in [-0.3, -0.25) is 9.79 Å². The highest BCUT2D eigenvalue weighted by molar-refractivity contribution is 5.86. The number of carbonyl (C=O) groups is 1. The van der Waals surface area contributed by atoms with Crippen molar-refractivity contribution in [1.82, 2.24) is 15.1 Å². The second-order valence-electron chi connectivity index (χ2n) is 5.85. The fourth-order valence-corrected chi connectivity index (χ4v) is 2.07. The van der Waals surface area contributed by atoms with Crippen LogP contribution in [-0.2, 0) is 4.79 Å². The number of hydrogen-bond acceptors (Lipinski definition) is 3. The molecule has 0 aliphatic rings. The van der Waals surface area contributed by atoms with Crippen LogP contribution in [0, 0.1) is 6.92 Å². The van der Waals surface area contributed by atoms with Crippen LogP contribution in [0.25, 0.3) is 0 Å². The number of halogens is 3. The summed E-state index contributed by atoms with van der Waals surface area (Å²) in [7, 11) is 4.39. The van der Waals surface area contributed by atoms with E-state index in [4.69, 9.17) is 4.74 Å². The molecule has 0 saturated carbocycles. The number of nitrogens with zero attached hydrogens (tertiary/aromatic N) is 3. The first-order valence-corrected chi connectivity index (χ1v) is 8.04. The Bertz CT molecular complexity index is 603. The summed E-state index contributed by atoms with van der Waals surface area (Å²) in [6, 6.07) is 7.64. The SMILES string of the molecule is CN=C(NCC(=O)N(C)CC(F)(F)F)N(C)CCOc1ccc(C)cc1. The van der Waals surface area contributed by atoms with Crippen molar-refractivity contribution in [2.24, 2.45) is 4.99 Å². The van der Waals surface area contributed by atoms with Gasteiger partial charge in [0.25, 0.3) is 0 Å². The highest BCUT2D eigenvalue weighted by Gasteiger charge is 2.31. The minimum Gasteiger partial charge on any atom is -0.492 e. The maximum atomic E-state index is 12.3. The Labute approximate surface area is 151 Å². The summed E-state index contributed by atoms with van der Waals surface area (Å²) < 4.78 is 42.5. The van der Waals surface area contributed by atoms with Gasteiger partial charge in [0.1, 0.15) is 18.9 Å². The van der Waals surface area contributed by atoms with Crippen LogP contribution in [0.1, 0.15) is 5.56 Å². The van der Waals surface area contributed by atoms with Crippen molar-refractivity contribution in [1.29, 1.82) is 0 Å². The molecular weight excluding hydrogens is 349 g/mol. The Morgan fingerprint density at radius 3 is 2.35 bits per heavy atom. The van der Waals surface area contributed by atoms with Gasteiger partial charge in [0, 0.05) is 21.1 Å². The van der Waals surface area contributed by atoms with E-state index >= 15 is 0 Å². The lowest BCUT2D eigenvalue weighted by Crippen LogP contribution is -2.46. The molecule has 0 atom stereocenters. The zero-order valence-electron chi connectivity index (χ0n) is 15.4. The summed E-state index contributed by atoms with van der Waals surface area (Å²) in [5.41, 5.74) is 1.14. The number of aryl methyl sites for hydroxylation is 1. The molecule has 9 heteroatoms. The van der Waals surface area contributed by atoms with E-state index in [1.807, 2.05) is 31.2 Å². The fraction of sp³-hybridized carbons (Fsp3) is 0.529. The molecule has 0 aliphatic carbocycles. The van der Waals surface area contributed by atoms with E-state index < -0.39 is 18.6 Å². The monoisotopic (exact) mass is 374 g/mol. The minimum atomic E-state index is -4.42. The van der Waals surface area contributed by atoms with Crippen LogP contribution in [0.3, 0.4) is 0 Å². The van der Waals surface area contributed by atoms with Gasteiger partial charge in [-0.25, -0.2) is 0 Å². The van der Waals surface area contributed by atoms with Crippen molar-refractivity contribution in [2.75, 3.05) is 47.4 Å². The van der Waals surface area contributed by atoms with Crippen LogP contribution >= 0.6 is 0 Å². The maximum Gasteiger partial charge on any atom is 0.406 e. The molecule has 1 aromatic rings. The number of amides is 1. The largest absolute Gasteiger partial charge is 0.492 e. The summed E-state index contributed by atoms with van der Waals surface area (Å²) in [4.78, 5) is 18.1. The Kier molecular flexibility index (Phi) is 8.21. The first-order valence-electron chi connectivity index (χ1n) is 8.04. The second kappa shape index (κ2) is 9.88. The van der Waals surface area contributed by atoms with E-state index in [0.717, 1.165) is 18.4 Å². The average Bonchev–Trinajstić information content (AvgIpc) is 2.55. The van der Waals surface area contributed by atoms with Gasteiger partial charge in [0.2, 0.25) is 5.91 Å². The predicted molar refractivity (Wildman–Crippen MR) is 94.4 cm³/mol. The van der Waals surface area contributed by atoms with E-state index in [0.29, 0.717) is 24.0 Å². The van der Waals surface area contributed by atoms with Crippen molar-refractivity contribution in [3.05, 3.63) is 29.8 Å². The molecule has 0 radical (unpaired) electrons. The van der Waals surface area contributed by atoms with Gasteiger partial charge in [-0.1, -0.05) is 17.7 Å². The number of aliphatic imine (C=N–C) groups is 1. The number of nitrogens with one attached hydrogen (secondary N) is 1. The molecule has 0 saturated heterocycles. The highest BCUT2D eigenvalue weighted by Crippen LogP contribution is 2.15. The number of alkyl halides is 3. The van der Waals surface area contributed by atoms with Gasteiger partial charge in [0.05, 0.1) is 13.1 Å². The van der Waals surface area contributed by atoms with E-state index in [1.165, 1.54) is 7.05 Å². The first-order chi connectivity index (χ1) is 12.1. The fourth-order valence-electron chi connectivity index (χ4n) is 2.07. The highest BCUT2D eigenvalue weighted by atomic mass is 19.4. The van der Waals surface area contributed by atoms with E-state index in [-0.39, 0.29) is 6.54 Å². The third-order valence-electron chi connectivity index (χ3n) is 3.53. The molecule has 0 aromatic heterocycles. The van der Waals surface area contributed by atoms with Crippen LogP contribution in [0.15, 0.2) is 29.3 Å². The van der Waals surface area contributed by atoms with Crippen molar-refractivity contribution in [3.63, 3.8) is 0 Å². The summed E-state index contributed by atoms with van der Waals surface area (Å²) in [5.74, 6) is 0.468. The van der Waals surface area contributed by atoms with E-state index in [2.05, 4.69) is 10.3 Å². The molecule has 6 nitrogen and oxygen atoms in total. The molecular formula is C17H25F3N4O2. The number of carbonyl (C=O) groups excluding carboxylic acids is 1. The topological polar surface area (TPSA) is 57.2 Å². The van der Waals surface area contributed by atoms with E-state index in [9.17, 15) is 18.0 Å². The van der Waals surface area contributed by atoms with Gasteiger partial charge in [-0.2, -0.15) is 13.2 Å². The summed E-state index contributed by atoms with van der Waals surface area (Å²) in [5, 5.41) is 2.75. The lowest BCUT2D eigenvalue weighted by molar-refractivity contribution is -0.157. The molecule has 0 fully saturated rings. The van der Waals surface area contributed by atoms with Gasteiger partial charge >= 0.3 is 6.18 Å². The van der Waals surface area contributed by atoms with E-state index in [1.54, 1.807) is 11.9 Å². The Hall–Kier alpha value is -2.45. The number of rotatable bonds is 7. The van der Waals surface area contributed by atoms with Crippen LogP contribution < -0.4 is 10.1 Å². The van der Waals surface area contributed by atoms with Crippen LogP contribution in [0.5, 0.6) is 5.75 Å². The number of likely N-dealkylation sites (N-methyl/N-ethyl adjacent to an activating group) is 2.